The first-order valence-corrected chi connectivity index (χ1v) is 7.31. The number of benzene rings is 1. The molecule has 0 aromatic heterocycles. The highest BCUT2D eigenvalue weighted by atomic mass is 35.5. The molecule has 1 aliphatic heterocycles. The molecule has 1 saturated heterocycles. The minimum atomic E-state index is -0.177. The van der Waals surface area contributed by atoms with Crippen LogP contribution in [-0.2, 0) is 9.47 Å². The number of carbonyl (C=O) groups is 1. The van der Waals surface area contributed by atoms with E-state index in [1.54, 1.807) is 18.2 Å². The van der Waals surface area contributed by atoms with Crippen LogP contribution in [0.4, 0.5) is 0 Å². The maximum absolute atomic E-state index is 12.1. The molecule has 1 fully saturated rings. The second-order valence-corrected chi connectivity index (χ2v) is 5.45. The van der Waals surface area contributed by atoms with E-state index in [0.29, 0.717) is 29.5 Å². The molecule has 1 heterocycles. The summed E-state index contributed by atoms with van der Waals surface area (Å²) in [5, 5.41) is 3.37. The average Bonchev–Trinajstić information content (AvgIpc) is 2.99. The van der Waals surface area contributed by atoms with Crippen LogP contribution in [0.3, 0.4) is 0 Å². The SMILES string of the molecule is COc1cc(C(=O)N[C@@H](C)CO[C@H]2CCOC2)ccc1Cl. The van der Waals surface area contributed by atoms with Crippen LogP contribution in [0, 0.1) is 0 Å². The fourth-order valence-corrected chi connectivity index (χ4v) is 2.27. The Balaban J connectivity index is 1.85. The topological polar surface area (TPSA) is 56.8 Å². The maximum atomic E-state index is 12.1. The number of amides is 1. The van der Waals surface area contributed by atoms with Gasteiger partial charge in [-0.25, -0.2) is 0 Å². The lowest BCUT2D eigenvalue weighted by Crippen LogP contribution is -2.37. The predicted molar refractivity (Wildman–Crippen MR) is 80.1 cm³/mol. The number of hydrogen-bond donors (Lipinski definition) is 1. The molecule has 0 unspecified atom stereocenters. The van der Waals surface area contributed by atoms with Crippen molar-refractivity contribution in [2.45, 2.75) is 25.5 Å². The van der Waals surface area contributed by atoms with Crippen molar-refractivity contribution in [3.63, 3.8) is 0 Å². The zero-order chi connectivity index (χ0) is 15.2. The highest BCUT2D eigenvalue weighted by Gasteiger charge is 2.18. The van der Waals surface area contributed by atoms with Crippen LogP contribution in [0.1, 0.15) is 23.7 Å². The highest BCUT2D eigenvalue weighted by Crippen LogP contribution is 2.24. The van der Waals surface area contributed by atoms with Crippen LogP contribution in [0.25, 0.3) is 0 Å². The summed E-state index contributed by atoms with van der Waals surface area (Å²) in [6, 6.07) is 4.85. The summed E-state index contributed by atoms with van der Waals surface area (Å²) in [6.45, 7) is 3.75. The summed E-state index contributed by atoms with van der Waals surface area (Å²) in [7, 11) is 1.52. The van der Waals surface area contributed by atoms with Crippen LogP contribution in [0.5, 0.6) is 5.75 Å². The third-order valence-corrected chi connectivity index (χ3v) is 3.57. The molecule has 0 spiro atoms. The van der Waals surface area contributed by atoms with Gasteiger partial charge in [-0.3, -0.25) is 4.79 Å². The first-order valence-electron chi connectivity index (χ1n) is 6.94. The van der Waals surface area contributed by atoms with E-state index in [9.17, 15) is 4.79 Å². The van der Waals surface area contributed by atoms with Gasteiger partial charge >= 0.3 is 0 Å². The van der Waals surface area contributed by atoms with Crippen molar-refractivity contribution in [2.75, 3.05) is 26.9 Å². The molecule has 2 atom stereocenters. The molecule has 1 amide bonds. The zero-order valence-corrected chi connectivity index (χ0v) is 13.0. The lowest BCUT2D eigenvalue weighted by atomic mass is 10.2. The molecule has 1 N–H and O–H groups in total. The molecule has 0 radical (unpaired) electrons. The van der Waals surface area contributed by atoms with Gasteiger partial charge in [0.2, 0.25) is 0 Å². The molecule has 1 aliphatic rings. The van der Waals surface area contributed by atoms with E-state index in [-0.39, 0.29) is 18.1 Å². The Kier molecular flexibility index (Phi) is 5.85. The van der Waals surface area contributed by atoms with Gasteiger partial charge in [0.25, 0.3) is 5.91 Å². The summed E-state index contributed by atoms with van der Waals surface area (Å²) in [6.07, 6.45) is 1.05. The molecular weight excluding hydrogens is 294 g/mol. The van der Waals surface area contributed by atoms with Crippen molar-refractivity contribution >= 4 is 17.5 Å². The lowest BCUT2D eigenvalue weighted by Gasteiger charge is -2.17. The average molecular weight is 314 g/mol. The van der Waals surface area contributed by atoms with E-state index in [0.717, 1.165) is 13.0 Å². The normalized spacial score (nSPS) is 19.3. The molecular formula is C15H20ClNO4. The van der Waals surface area contributed by atoms with Crippen molar-refractivity contribution < 1.29 is 19.0 Å². The number of carbonyl (C=O) groups excluding carboxylic acids is 1. The second kappa shape index (κ2) is 7.64. The van der Waals surface area contributed by atoms with E-state index in [1.165, 1.54) is 7.11 Å². The molecule has 21 heavy (non-hydrogen) atoms. The minimum Gasteiger partial charge on any atom is -0.495 e. The van der Waals surface area contributed by atoms with E-state index in [1.807, 2.05) is 6.92 Å². The fraction of sp³-hybridized carbons (Fsp3) is 0.533. The Morgan fingerprint density at radius 2 is 2.38 bits per heavy atom. The van der Waals surface area contributed by atoms with Gasteiger partial charge in [-0.1, -0.05) is 11.6 Å². The van der Waals surface area contributed by atoms with E-state index in [4.69, 9.17) is 25.8 Å². The fourth-order valence-electron chi connectivity index (χ4n) is 2.07. The van der Waals surface area contributed by atoms with Gasteiger partial charge in [0.05, 0.1) is 31.5 Å². The molecule has 0 bridgehead atoms. The molecule has 1 aromatic carbocycles. The van der Waals surface area contributed by atoms with Crippen molar-refractivity contribution in [2.24, 2.45) is 0 Å². The summed E-state index contributed by atoms with van der Waals surface area (Å²) in [5.74, 6) is 0.306. The van der Waals surface area contributed by atoms with E-state index < -0.39 is 0 Å². The van der Waals surface area contributed by atoms with Gasteiger partial charge in [-0.2, -0.15) is 0 Å². The summed E-state index contributed by atoms with van der Waals surface area (Å²) < 4.78 is 16.0. The molecule has 5 nitrogen and oxygen atoms in total. The van der Waals surface area contributed by atoms with Gasteiger partial charge < -0.3 is 19.5 Å². The van der Waals surface area contributed by atoms with Gasteiger partial charge in [0.1, 0.15) is 5.75 Å². The largest absolute Gasteiger partial charge is 0.495 e. The van der Waals surface area contributed by atoms with Crippen molar-refractivity contribution in [3.05, 3.63) is 28.8 Å². The van der Waals surface area contributed by atoms with Crippen LogP contribution >= 0.6 is 11.6 Å². The lowest BCUT2D eigenvalue weighted by molar-refractivity contribution is 0.0318. The summed E-state index contributed by atoms with van der Waals surface area (Å²) in [4.78, 5) is 12.1. The first-order chi connectivity index (χ1) is 10.1. The van der Waals surface area contributed by atoms with Gasteiger partial charge in [-0.15, -0.1) is 0 Å². The standard InChI is InChI=1S/C15H20ClNO4/c1-10(8-21-12-5-6-20-9-12)17-15(18)11-3-4-13(16)14(7-11)19-2/h3-4,7,10,12H,5-6,8-9H2,1-2H3,(H,17,18)/t10-,12-/m0/s1. The van der Waals surface area contributed by atoms with Crippen molar-refractivity contribution in [1.82, 2.24) is 5.32 Å². The highest BCUT2D eigenvalue weighted by molar-refractivity contribution is 6.32. The smallest absolute Gasteiger partial charge is 0.251 e. The van der Waals surface area contributed by atoms with Crippen molar-refractivity contribution in [3.8, 4) is 5.75 Å². The third kappa shape index (κ3) is 4.59. The van der Waals surface area contributed by atoms with Crippen LogP contribution in [0.2, 0.25) is 5.02 Å². The number of ether oxygens (including phenoxy) is 3. The monoisotopic (exact) mass is 313 g/mol. The Labute approximate surface area is 129 Å². The van der Waals surface area contributed by atoms with Crippen LogP contribution in [0.15, 0.2) is 18.2 Å². The third-order valence-electron chi connectivity index (χ3n) is 3.26. The number of rotatable bonds is 6. The van der Waals surface area contributed by atoms with E-state index >= 15 is 0 Å². The molecule has 0 aliphatic carbocycles. The molecule has 6 heteroatoms. The van der Waals surface area contributed by atoms with Crippen molar-refractivity contribution in [1.29, 1.82) is 0 Å². The summed E-state index contributed by atoms with van der Waals surface area (Å²) >= 11 is 5.94. The van der Waals surface area contributed by atoms with Crippen LogP contribution < -0.4 is 10.1 Å². The first kappa shape index (κ1) is 16.1. The van der Waals surface area contributed by atoms with Crippen LogP contribution in [-0.4, -0.2) is 45.0 Å². The Hall–Kier alpha value is -1.30. The number of halogens is 1. The van der Waals surface area contributed by atoms with Gasteiger partial charge in [0, 0.05) is 18.2 Å². The predicted octanol–water partition coefficient (Wildman–Crippen LogP) is 2.27. The quantitative estimate of drug-likeness (QED) is 0.875. The molecule has 1 aromatic rings. The zero-order valence-electron chi connectivity index (χ0n) is 12.2. The Morgan fingerprint density at radius 3 is 3.05 bits per heavy atom. The summed E-state index contributed by atoms with van der Waals surface area (Å²) in [5.41, 5.74) is 0.507. The van der Waals surface area contributed by atoms with E-state index in [2.05, 4.69) is 5.32 Å². The maximum Gasteiger partial charge on any atom is 0.251 e. The molecule has 2 rings (SSSR count). The Bertz CT molecular complexity index is 489. The number of methoxy groups -OCH3 is 1. The Morgan fingerprint density at radius 1 is 1.57 bits per heavy atom. The molecule has 0 saturated carbocycles. The number of nitrogens with one attached hydrogen (secondary N) is 1. The second-order valence-electron chi connectivity index (χ2n) is 5.04. The van der Waals surface area contributed by atoms with Gasteiger partial charge in [0.15, 0.2) is 0 Å². The number of hydrogen-bond acceptors (Lipinski definition) is 4. The van der Waals surface area contributed by atoms with Gasteiger partial charge in [-0.05, 0) is 31.5 Å². The molecule has 116 valence electrons. The minimum absolute atomic E-state index is 0.0835.